The van der Waals surface area contributed by atoms with Gasteiger partial charge in [-0.25, -0.2) is 14.0 Å². The van der Waals surface area contributed by atoms with E-state index in [0.29, 0.717) is 27.4 Å². The van der Waals surface area contributed by atoms with Crippen molar-refractivity contribution in [3.63, 3.8) is 0 Å². The quantitative estimate of drug-likeness (QED) is 0.260. The number of hydrogen-bond donors (Lipinski definition) is 4. The largest absolute Gasteiger partial charge is 0.480 e. The van der Waals surface area contributed by atoms with E-state index >= 15 is 0 Å². The molecule has 9 nitrogen and oxygen atoms in total. The third kappa shape index (κ3) is 6.27. The van der Waals surface area contributed by atoms with Crippen molar-refractivity contribution in [3.8, 4) is 16.2 Å². The molecule has 1 aliphatic rings. The number of piperidine rings is 1. The molecule has 11 heteroatoms. The predicted octanol–water partition coefficient (Wildman–Crippen LogP) is 4.85. The molecule has 1 aromatic heterocycles. The van der Waals surface area contributed by atoms with Crippen LogP contribution >= 0.6 is 23.1 Å². The average Bonchev–Trinajstić information content (AvgIpc) is 3.27. The molecule has 0 spiro atoms. The highest BCUT2D eigenvalue weighted by Crippen LogP contribution is 2.42. The zero-order valence-electron chi connectivity index (χ0n) is 20.6. The molecule has 4 N–H and O–H groups in total. The van der Waals surface area contributed by atoms with Gasteiger partial charge in [0, 0.05) is 27.9 Å². The van der Waals surface area contributed by atoms with E-state index in [1.165, 1.54) is 0 Å². The summed E-state index contributed by atoms with van der Waals surface area (Å²) >= 11 is 7.52. The lowest BCUT2D eigenvalue weighted by Gasteiger charge is -2.32. The minimum absolute atomic E-state index is 0.0432. The lowest BCUT2D eigenvalue weighted by atomic mass is 9.89. The number of aromatic carboxylic acids is 1. The second kappa shape index (κ2) is 12.3. The third-order valence-electron chi connectivity index (χ3n) is 6.37. The van der Waals surface area contributed by atoms with Crippen molar-refractivity contribution in [2.45, 2.75) is 25.8 Å². The fraction of sp³-hybridized carbons (Fsp3) is 0.296. The Labute approximate surface area is 229 Å². The standard InChI is InChI=1S/C27H28ClN3O6S/c1-16-23(37-15-21(32)33)25(27(35)36)38-24(16)18-6-5-7-19(14-18)30-22(17-10-12-29-13-11-17)26(34)31(28)20-8-3-2-4-9-20/h2-9,14,17,22,29-30H,10-13,15H2,1H3,(H,32,33)(H,35,36). The van der Waals surface area contributed by atoms with Crippen molar-refractivity contribution in [2.75, 3.05) is 29.4 Å². The topological polar surface area (TPSA) is 128 Å². The Bertz CT molecular complexity index is 1310. The molecule has 3 aromatic rings. The fourth-order valence-corrected chi connectivity index (χ4v) is 5.82. The lowest BCUT2D eigenvalue weighted by molar-refractivity contribution is -0.139. The highest BCUT2D eigenvalue weighted by molar-refractivity contribution is 7.18. The summed E-state index contributed by atoms with van der Waals surface area (Å²) in [4.78, 5) is 37.0. The lowest BCUT2D eigenvalue weighted by Crippen LogP contribution is -2.47. The molecule has 0 bridgehead atoms. The molecule has 1 atom stereocenters. The van der Waals surface area contributed by atoms with Crippen LogP contribution in [0.5, 0.6) is 5.75 Å². The molecular weight excluding hydrogens is 530 g/mol. The molecule has 1 saturated heterocycles. The highest BCUT2D eigenvalue weighted by atomic mass is 35.5. The number of carbonyl (C=O) groups excluding carboxylic acids is 1. The van der Waals surface area contributed by atoms with Gasteiger partial charge in [-0.1, -0.05) is 30.3 Å². The number of halogens is 1. The Morgan fingerprint density at radius 1 is 1.13 bits per heavy atom. The minimum Gasteiger partial charge on any atom is -0.480 e. The Morgan fingerprint density at radius 3 is 2.50 bits per heavy atom. The summed E-state index contributed by atoms with van der Waals surface area (Å²) in [5, 5.41) is 25.3. The summed E-state index contributed by atoms with van der Waals surface area (Å²) in [5.74, 6) is -2.56. The van der Waals surface area contributed by atoms with Crippen LogP contribution in [0.4, 0.5) is 11.4 Å². The van der Waals surface area contributed by atoms with Gasteiger partial charge in [0.1, 0.15) is 11.8 Å². The second-order valence-electron chi connectivity index (χ2n) is 8.95. The summed E-state index contributed by atoms with van der Waals surface area (Å²) in [6.07, 6.45) is 1.61. The molecule has 38 heavy (non-hydrogen) atoms. The number of aliphatic carboxylic acids is 1. The van der Waals surface area contributed by atoms with Crippen molar-refractivity contribution in [3.05, 3.63) is 65.0 Å². The normalized spacial score (nSPS) is 14.5. The summed E-state index contributed by atoms with van der Waals surface area (Å²) in [7, 11) is 0. The van der Waals surface area contributed by atoms with Crippen molar-refractivity contribution in [2.24, 2.45) is 5.92 Å². The summed E-state index contributed by atoms with van der Waals surface area (Å²) in [6, 6.07) is 15.8. The van der Waals surface area contributed by atoms with Gasteiger partial charge < -0.3 is 25.6 Å². The first kappa shape index (κ1) is 27.4. The number of benzene rings is 2. The number of amides is 1. The number of anilines is 2. The molecule has 1 aliphatic heterocycles. The number of hydrogen-bond acceptors (Lipinski definition) is 7. The monoisotopic (exact) mass is 557 g/mol. The fourth-order valence-electron chi connectivity index (χ4n) is 4.52. The van der Waals surface area contributed by atoms with Crippen LogP contribution in [0, 0.1) is 12.8 Å². The van der Waals surface area contributed by atoms with Gasteiger partial charge in [-0.3, -0.25) is 4.79 Å². The van der Waals surface area contributed by atoms with Crippen LogP contribution in [0.3, 0.4) is 0 Å². The van der Waals surface area contributed by atoms with Crippen LogP contribution in [0.25, 0.3) is 10.4 Å². The van der Waals surface area contributed by atoms with Crippen molar-refractivity contribution in [1.82, 2.24) is 5.32 Å². The Morgan fingerprint density at radius 2 is 1.84 bits per heavy atom. The van der Waals surface area contributed by atoms with E-state index in [1.807, 2.05) is 42.5 Å². The molecule has 1 unspecified atom stereocenters. The van der Waals surface area contributed by atoms with Gasteiger partial charge in [0.15, 0.2) is 11.5 Å². The summed E-state index contributed by atoms with van der Waals surface area (Å²) < 4.78 is 6.46. The van der Waals surface area contributed by atoms with Gasteiger partial charge in [0.25, 0.3) is 5.91 Å². The van der Waals surface area contributed by atoms with E-state index in [4.69, 9.17) is 21.6 Å². The Kier molecular flexibility index (Phi) is 8.88. The number of thiophene rings is 1. The third-order valence-corrected chi connectivity index (χ3v) is 8.04. The number of rotatable bonds is 10. The first-order valence-electron chi connectivity index (χ1n) is 12.1. The Hall–Kier alpha value is -3.60. The minimum atomic E-state index is -1.20. The zero-order valence-corrected chi connectivity index (χ0v) is 22.2. The predicted molar refractivity (Wildman–Crippen MR) is 147 cm³/mol. The SMILES string of the molecule is Cc1c(-c2cccc(NC(C(=O)N(Cl)c3ccccc3)C3CCNCC3)c2)sc(C(=O)O)c1OCC(=O)O. The molecule has 0 saturated carbocycles. The van der Waals surface area contributed by atoms with Gasteiger partial charge in [-0.15, -0.1) is 11.3 Å². The molecule has 4 rings (SSSR count). The van der Waals surface area contributed by atoms with E-state index in [2.05, 4.69) is 10.6 Å². The molecule has 0 radical (unpaired) electrons. The maximum Gasteiger partial charge on any atom is 0.349 e. The van der Waals surface area contributed by atoms with E-state index in [-0.39, 0.29) is 22.5 Å². The van der Waals surface area contributed by atoms with E-state index in [1.54, 1.807) is 19.1 Å². The van der Waals surface area contributed by atoms with Crippen LogP contribution in [0.2, 0.25) is 0 Å². The van der Waals surface area contributed by atoms with Crippen LogP contribution in [-0.2, 0) is 9.59 Å². The maximum atomic E-state index is 13.6. The van der Waals surface area contributed by atoms with E-state index < -0.39 is 24.6 Å². The molecule has 2 aromatic carbocycles. The van der Waals surface area contributed by atoms with Gasteiger partial charge in [0.05, 0.1) is 5.69 Å². The number of para-hydroxylation sites is 1. The number of ether oxygens (including phenoxy) is 1. The van der Waals surface area contributed by atoms with Crippen molar-refractivity contribution in [1.29, 1.82) is 0 Å². The Balaban J connectivity index is 1.64. The summed E-state index contributed by atoms with van der Waals surface area (Å²) in [6.45, 7) is 2.65. The van der Waals surface area contributed by atoms with Crippen LogP contribution in [0.15, 0.2) is 54.6 Å². The van der Waals surface area contributed by atoms with Crippen molar-refractivity contribution < 1.29 is 29.3 Å². The first-order chi connectivity index (χ1) is 18.3. The van der Waals surface area contributed by atoms with Crippen LogP contribution in [-0.4, -0.2) is 53.8 Å². The summed E-state index contributed by atoms with van der Waals surface area (Å²) in [5.41, 5.74) is 2.51. The maximum absolute atomic E-state index is 13.6. The number of carboxylic acids is 2. The highest BCUT2D eigenvalue weighted by Gasteiger charge is 2.33. The van der Waals surface area contributed by atoms with Gasteiger partial charge >= 0.3 is 11.9 Å². The van der Waals surface area contributed by atoms with E-state index in [9.17, 15) is 19.5 Å². The number of carboxylic acid groups (broad SMARTS) is 2. The van der Waals surface area contributed by atoms with Crippen molar-refractivity contribution >= 4 is 52.3 Å². The van der Waals surface area contributed by atoms with Crippen LogP contribution in [0.1, 0.15) is 28.1 Å². The average molecular weight is 558 g/mol. The molecule has 1 amide bonds. The zero-order chi connectivity index (χ0) is 27.2. The van der Waals surface area contributed by atoms with E-state index in [0.717, 1.165) is 41.7 Å². The molecule has 200 valence electrons. The number of nitrogens with zero attached hydrogens (tertiary/aromatic N) is 1. The molecule has 2 heterocycles. The number of carbonyl (C=O) groups is 3. The second-order valence-corrected chi connectivity index (χ2v) is 10.3. The first-order valence-corrected chi connectivity index (χ1v) is 13.3. The molecule has 0 aliphatic carbocycles. The van der Waals surface area contributed by atoms with Gasteiger partial charge in [-0.2, -0.15) is 0 Å². The molecular formula is C27H28ClN3O6S. The van der Waals surface area contributed by atoms with Crippen LogP contribution < -0.4 is 19.8 Å². The smallest absolute Gasteiger partial charge is 0.349 e. The van der Waals surface area contributed by atoms with Gasteiger partial charge in [-0.05, 0) is 68.6 Å². The molecule has 1 fully saturated rings. The van der Waals surface area contributed by atoms with Gasteiger partial charge in [0.2, 0.25) is 0 Å². The number of nitrogens with one attached hydrogen (secondary N) is 2.